The zero-order valence-electron chi connectivity index (χ0n) is 23.5. The highest BCUT2D eigenvalue weighted by Crippen LogP contribution is 2.50. The summed E-state index contributed by atoms with van der Waals surface area (Å²) in [5, 5.41) is 3.84. The van der Waals surface area contributed by atoms with Crippen LogP contribution in [-0.4, -0.2) is 110 Å². The molecule has 5 fully saturated rings. The van der Waals surface area contributed by atoms with Crippen molar-refractivity contribution in [1.82, 2.24) is 20.0 Å². The van der Waals surface area contributed by atoms with Crippen molar-refractivity contribution in [1.29, 1.82) is 0 Å². The number of morpholine rings is 2. The summed E-state index contributed by atoms with van der Waals surface area (Å²) in [5.74, 6) is 1.17. The molecule has 0 aromatic carbocycles. The Morgan fingerprint density at radius 2 is 1.84 bits per heavy atom. The molecule has 8 atom stereocenters. The molecule has 38 heavy (non-hydrogen) atoms. The number of nitrogens with one attached hydrogen (secondary N) is 1. The van der Waals surface area contributed by atoms with Gasteiger partial charge in [-0.2, -0.15) is 0 Å². The third kappa shape index (κ3) is 5.06. The molecule has 212 valence electrons. The van der Waals surface area contributed by atoms with Crippen molar-refractivity contribution in [2.24, 2.45) is 17.8 Å². The van der Waals surface area contributed by atoms with Crippen LogP contribution in [0.4, 0.5) is 0 Å². The van der Waals surface area contributed by atoms with Crippen molar-refractivity contribution in [3.05, 3.63) is 11.8 Å². The number of unbranched alkanes of at least 4 members (excludes halogenated alkanes) is 1. The largest absolute Gasteiger partial charge is 0.378 e. The average Bonchev–Trinajstić information content (AvgIpc) is 2.94. The molecule has 3 heterocycles. The minimum absolute atomic E-state index is 0.00391. The predicted molar refractivity (Wildman–Crippen MR) is 146 cm³/mol. The third-order valence-electron chi connectivity index (χ3n) is 10.4. The fraction of sp³-hybridized carbons (Fsp3) is 0.867. The first-order valence-electron chi connectivity index (χ1n) is 15.5. The minimum atomic E-state index is -0.151. The highest BCUT2D eigenvalue weighted by molar-refractivity contribution is 6.20. The second-order valence-corrected chi connectivity index (χ2v) is 12.9. The molecule has 0 aromatic rings. The van der Waals surface area contributed by atoms with Crippen molar-refractivity contribution < 1.29 is 19.1 Å². The van der Waals surface area contributed by atoms with Gasteiger partial charge >= 0.3 is 0 Å². The second-order valence-electron chi connectivity index (χ2n) is 12.9. The Morgan fingerprint density at radius 3 is 2.66 bits per heavy atom. The average molecular weight is 529 g/mol. The Labute approximate surface area is 228 Å². The molecule has 8 nitrogen and oxygen atoms in total. The first kappa shape index (κ1) is 26.7. The maximum Gasteiger partial charge on any atom is 0.259 e. The summed E-state index contributed by atoms with van der Waals surface area (Å²) in [5.41, 5.74) is 0.417. The quantitative estimate of drug-likeness (QED) is 0.402. The van der Waals surface area contributed by atoms with Gasteiger partial charge in [0.25, 0.3) is 5.91 Å². The number of hydrogen-bond donors (Lipinski definition) is 1. The Morgan fingerprint density at radius 1 is 1.03 bits per heavy atom. The van der Waals surface area contributed by atoms with Crippen molar-refractivity contribution >= 4 is 11.7 Å². The van der Waals surface area contributed by atoms with Gasteiger partial charge < -0.3 is 29.5 Å². The molecular formula is C30H48N4O4. The second kappa shape index (κ2) is 11.6. The lowest BCUT2D eigenvalue weighted by molar-refractivity contribution is -0.207. The van der Waals surface area contributed by atoms with Crippen LogP contribution in [0.15, 0.2) is 11.8 Å². The van der Waals surface area contributed by atoms with Crippen LogP contribution in [0, 0.1) is 17.8 Å². The van der Waals surface area contributed by atoms with Crippen molar-refractivity contribution in [2.45, 2.75) is 94.5 Å². The van der Waals surface area contributed by atoms with Gasteiger partial charge in [-0.1, -0.05) is 19.3 Å². The Hall–Kier alpha value is -1.48. The molecule has 0 spiro atoms. The van der Waals surface area contributed by atoms with E-state index in [1.807, 2.05) is 11.1 Å². The zero-order chi connectivity index (χ0) is 26.2. The summed E-state index contributed by atoms with van der Waals surface area (Å²) in [6.45, 7) is 4.33. The van der Waals surface area contributed by atoms with Crippen LogP contribution in [0.25, 0.3) is 0 Å². The molecule has 0 radical (unpaired) electrons. The van der Waals surface area contributed by atoms with Gasteiger partial charge in [0.15, 0.2) is 5.78 Å². The summed E-state index contributed by atoms with van der Waals surface area (Å²) in [6, 6.07) is 0.594. The standard InChI is InChI=1S/C30H48N4O4/c1-32(2)14-6-5-13-31-24-11-10-22-27-29(24)38-25-12-9-20-7-3-4-8-21(20)26(25)34(27)19-23(28(22)35)30(36)33-15-17-37-18-16-33/h19-22,24-27,29,31H,3-18H2,1-2H3. The number of hydrogen-bond acceptors (Lipinski definition) is 7. The molecule has 8 heteroatoms. The fourth-order valence-electron chi connectivity index (χ4n) is 8.57. The van der Waals surface area contributed by atoms with Gasteiger partial charge in [-0.3, -0.25) is 9.59 Å². The molecule has 0 aromatic heterocycles. The highest BCUT2D eigenvalue weighted by atomic mass is 16.5. The van der Waals surface area contributed by atoms with Crippen LogP contribution >= 0.6 is 0 Å². The van der Waals surface area contributed by atoms with E-state index in [1.54, 1.807) is 0 Å². The van der Waals surface area contributed by atoms with E-state index in [1.165, 1.54) is 38.5 Å². The van der Waals surface area contributed by atoms with Crippen LogP contribution in [0.3, 0.4) is 0 Å². The van der Waals surface area contributed by atoms with Gasteiger partial charge in [0.1, 0.15) is 0 Å². The fourth-order valence-corrected chi connectivity index (χ4v) is 8.57. The SMILES string of the molecule is CN(C)CCCCNC1CCC2C(=O)C(C(=O)N3CCOCC3)=CN3C4C(CCC5CCCCC54)OC1C23. The van der Waals surface area contributed by atoms with Gasteiger partial charge in [-0.25, -0.2) is 0 Å². The Kier molecular flexibility index (Phi) is 8.13. The van der Waals surface area contributed by atoms with E-state index >= 15 is 0 Å². The van der Waals surface area contributed by atoms with E-state index in [-0.39, 0.29) is 47.9 Å². The summed E-state index contributed by atoms with van der Waals surface area (Å²) in [6.07, 6.45) is 13.8. The van der Waals surface area contributed by atoms with E-state index in [0.717, 1.165) is 44.7 Å². The lowest BCUT2D eigenvalue weighted by atomic mass is 9.63. The Balaban J connectivity index is 1.27. The minimum Gasteiger partial charge on any atom is -0.378 e. The number of nitrogens with zero attached hydrogens (tertiary/aromatic N) is 3. The van der Waals surface area contributed by atoms with Crippen LogP contribution < -0.4 is 5.32 Å². The maximum absolute atomic E-state index is 13.9. The van der Waals surface area contributed by atoms with Crippen LogP contribution in [0.5, 0.6) is 0 Å². The van der Waals surface area contributed by atoms with E-state index in [0.29, 0.717) is 37.8 Å². The van der Waals surface area contributed by atoms with Gasteiger partial charge in [-0.05, 0) is 84.0 Å². The summed E-state index contributed by atoms with van der Waals surface area (Å²) in [7, 11) is 4.25. The lowest BCUT2D eigenvalue weighted by Crippen LogP contribution is -2.72. The summed E-state index contributed by atoms with van der Waals surface area (Å²) in [4.78, 5) is 34.2. The molecule has 8 unspecified atom stereocenters. The molecule has 6 rings (SSSR count). The zero-order valence-corrected chi connectivity index (χ0v) is 23.5. The topological polar surface area (TPSA) is 74.4 Å². The van der Waals surface area contributed by atoms with E-state index in [4.69, 9.17) is 9.47 Å². The predicted octanol–water partition coefficient (Wildman–Crippen LogP) is 2.43. The number of ketones is 1. The van der Waals surface area contributed by atoms with Crippen molar-refractivity contribution in [2.75, 3.05) is 53.5 Å². The molecule has 2 saturated heterocycles. The molecule has 1 amide bonds. The molecule has 1 N–H and O–H groups in total. The van der Waals surface area contributed by atoms with Gasteiger partial charge in [0, 0.05) is 31.2 Å². The molecular weight excluding hydrogens is 480 g/mol. The van der Waals surface area contributed by atoms with Gasteiger partial charge in [0.05, 0.1) is 43.1 Å². The number of fused-ring (bicyclic) bond motifs is 4. The summed E-state index contributed by atoms with van der Waals surface area (Å²) >= 11 is 0. The molecule has 3 aliphatic heterocycles. The van der Waals surface area contributed by atoms with Crippen molar-refractivity contribution in [3.63, 3.8) is 0 Å². The third-order valence-corrected chi connectivity index (χ3v) is 10.4. The normalized spacial score (nSPS) is 38.8. The first-order chi connectivity index (χ1) is 18.5. The number of amides is 1. The molecule has 0 bridgehead atoms. The van der Waals surface area contributed by atoms with Gasteiger partial charge in [-0.15, -0.1) is 0 Å². The highest BCUT2D eigenvalue weighted by Gasteiger charge is 2.58. The Bertz CT molecular complexity index is 903. The van der Waals surface area contributed by atoms with Crippen LogP contribution in [0.1, 0.15) is 64.2 Å². The van der Waals surface area contributed by atoms with E-state index in [9.17, 15) is 9.59 Å². The molecule has 3 saturated carbocycles. The molecule has 3 aliphatic carbocycles. The number of carbonyl (C=O) groups excluding carboxylic acids is 2. The van der Waals surface area contributed by atoms with Crippen molar-refractivity contribution in [3.8, 4) is 0 Å². The summed E-state index contributed by atoms with van der Waals surface area (Å²) < 4.78 is 12.5. The first-order valence-corrected chi connectivity index (χ1v) is 15.5. The van der Waals surface area contributed by atoms with Crippen LogP contribution in [0.2, 0.25) is 0 Å². The maximum atomic E-state index is 13.9. The monoisotopic (exact) mass is 528 g/mol. The lowest BCUT2D eigenvalue weighted by Gasteiger charge is -2.62. The molecule has 6 aliphatic rings. The number of ether oxygens (including phenoxy) is 2. The van der Waals surface area contributed by atoms with Gasteiger partial charge in [0.2, 0.25) is 0 Å². The number of Topliss-reactive ketones (excluding diaryl/α,β-unsaturated/α-hetero) is 1. The number of rotatable bonds is 7. The van der Waals surface area contributed by atoms with E-state index < -0.39 is 0 Å². The number of carbonyl (C=O) groups is 2. The van der Waals surface area contributed by atoms with E-state index in [2.05, 4.69) is 29.2 Å². The van der Waals surface area contributed by atoms with Crippen LogP contribution in [-0.2, 0) is 19.1 Å². The smallest absolute Gasteiger partial charge is 0.259 e.